The topological polar surface area (TPSA) is 90.2 Å². The minimum atomic E-state index is -1.28. The Kier molecular flexibility index (Phi) is 4.20. The molecule has 3 rings (SSSR count). The van der Waals surface area contributed by atoms with E-state index in [0.29, 0.717) is 24.1 Å². The molecule has 0 unspecified atom stereocenters. The molecular weight excluding hydrogens is 308 g/mol. The average molecular weight is 324 g/mol. The quantitative estimate of drug-likeness (QED) is 0.373. The number of aromatic nitrogens is 1. The number of nitrogens with zero attached hydrogens (tertiary/aromatic N) is 2. The maximum Gasteiger partial charge on any atom is 0.269 e. The Bertz CT molecular complexity index is 786. The van der Waals surface area contributed by atoms with E-state index in [1.54, 1.807) is 24.4 Å². The molecule has 1 aliphatic rings. The first-order valence-electron chi connectivity index (χ1n) is 7.80. The number of rotatable bonds is 4. The van der Waals surface area contributed by atoms with Crippen molar-refractivity contribution >= 4 is 17.3 Å². The van der Waals surface area contributed by atoms with E-state index in [-0.39, 0.29) is 17.3 Å². The average Bonchev–Trinajstić information content (AvgIpc) is 2.62. The highest BCUT2D eigenvalue weighted by atomic mass is 16.6. The van der Waals surface area contributed by atoms with Gasteiger partial charge in [0.05, 0.1) is 10.6 Å². The molecule has 1 saturated carbocycles. The minimum Gasteiger partial charge on any atom is -0.298 e. The van der Waals surface area contributed by atoms with Crippen molar-refractivity contribution < 1.29 is 14.5 Å². The molecule has 0 amide bonds. The van der Waals surface area contributed by atoms with Crippen LogP contribution in [0.5, 0.6) is 0 Å². The molecule has 122 valence electrons. The van der Waals surface area contributed by atoms with Gasteiger partial charge in [0.1, 0.15) is 5.41 Å². The zero-order chi connectivity index (χ0) is 17.2. The number of pyridine rings is 1. The molecule has 1 atom stereocenters. The summed E-state index contributed by atoms with van der Waals surface area (Å²) >= 11 is 0. The summed E-state index contributed by atoms with van der Waals surface area (Å²) in [7, 11) is 0. The molecule has 1 fully saturated rings. The molecule has 2 aromatic rings. The number of non-ortho nitro benzene ring substituents is 1. The fourth-order valence-corrected chi connectivity index (χ4v) is 3.25. The number of ketones is 2. The van der Waals surface area contributed by atoms with Crippen LogP contribution in [0.3, 0.4) is 0 Å². The summed E-state index contributed by atoms with van der Waals surface area (Å²) in [5.41, 5.74) is -0.622. The monoisotopic (exact) mass is 324 g/mol. The summed E-state index contributed by atoms with van der Waals surface area (Å²) in [6, 6.07) is 10.6. The van der Waals surface area contributed by atoms with Crippen molar-refractivity contribution in [3.8, 4) is 0 Å². The lowest BCUT2D eigenvalue weighted by atomic mass is 9.66. The van der Waals surface area contributed by atoms with Crippen LogP contribution in [0.25, 0.3) is 0 Å². The Morgan fingerprint density at radius 2 is 1.88 bits per heavy atom. The lowest BCUT2D eigenvalue weighted by Crippen LogP contribution is -2.46. The summed E-state index contributed by atoms with van der Waals surface area (Å²) in [6.07, 6.45) is 3.86. The Labute approximate surface area is 138 Å². The third kappa shape index (κ3) is 2.60. The predicted molar refractivity (Wildman–Crippen MR) is 86.8 cm³/mol. The lowest BCUT2D eigenvalue weighted by molar-refractivity contribution is -0.384. The molecule has 1 aliphatic carbocycles. The van der Waals surface area contributed by atoms with Crippen molar-refractivity contribution in [2.45, 2.75) is 31.1 Å². The molecule has 1 aromatic carbocycles. The Morgan fingerprint density at radius 1 is 1.12 bits per heavy atom. The summed E-state index contributed by atoms with van der Waals surface area (Å²) in [6.45, 7) is 0. The Morgan fingerprint density at radius 3 is 2.46 bits per heavy atom. The van der Waals surface area contributed by atoms with Gasteiger partial charge in [0.2, 0.25) is 0 Å². The van der Waals surface area contributed by atoms with Gasteiger partial charge in [0.15, 0.2) is 11.6 Å². The molecule has 1 heterocycles. The molecule has 6 heteroatoms. The largest absolute Gasteiger partial charge is 0.298 e. The van der Waals surface area contributed by atoms with Crippen LogP contribution in [-0.2, 0) is 10.2 Å². The van der Waals surface area contributed by atoms with Gasteiger partial charge in [0.25, 0.3) is 5.69 Å². The molecule has 1 aromatic heterocycles. The fraction of sp³-hybridized carbons (Fsp3) is 0.278. The van der Waals surface area contributed by atoms with Crippen LogP contribution < -0.4 is 0 Å². The fourth-order valence-electron chi connectivity index (χ4n) is 3.25. The highest BCUT2D eigenvalue weighted by Crippen LogP contribution is 2.39. The minimum absolute atomic E-state index is 0.0894. The van der Waals surface area contributed by atoms with E-state index in [1.165, 1.54) is 24.3 Å². The van der Waals surface area contributed by atoms with Crippen LogP contribution >= 0.6 is 0 Å². The second-order valence-corrected chi connectivity index (χ2v) is 5.88. The van der Waals surface area contributed by atoms with Crippen LogP contribution in [0.15, 0.2) is 48.7 Å². The summed E-state index contributed by atoms with van der Waals surface area (Å²) < 4.78 is 0. The number of hydrogen-bond donors (Lipinski definition) is 0. The summed E-state index contributed by atoms with van der Waals surface area (Å²) in [5.74, 6) is -0.461. The molecule has 0 N–H and O–H groups in total. The van der Waals surface area contributed by atoms with E-state index < -0.39 is 10.3 Å². The maximum atomic E-state index is 13.2. The van der Waals surface area contributed by atoms with Crippen molar-refractivity contribution in [1.82, 2.24) is 4.98 Å². The van der Waals surface area contributed by atoms with Crippen LogP contribution in [0.2, 0.25) is 0 Å². The van der Waals surface area contributed by atoms with Crippen LogP contribution in [-0.4, -0.2) is 21.5 Å². The van der Waals surface area contributed by atoms with Crippen LogP contribution in [0, 0.1) is 10.1 Å². The lowest BCUT2D eigenvalue weighted by Gasteiger charge is -2.33. The Hall–Kier alpha value is -2.89. The van der Waals surface area contributed by atoms with Crippen molar-refractivity contribution in [2.24, 2.45) is 0 Å². The standard InChI is InChI=1S/C18H16N2O4/c21-16-6-1-3-11-18(16,15-5-2-4-12-19-15)17(22)13-7-9-14(10-8-13)20(23)24/h2,4-5,7-10,12H,1,3,6,11H2/t18-/m1/s1. The van der Waals surface area contributed by atoms with E-state index >= 15 is 0 Å². The number of Topliss-reactive ketones (excluding diaryl/α,β-unsaturated/α-hetero) is 2. The van der Waals surface area contributed by atoms with Gasteiger partial charge in [-0.1, -0.05) is 12.5 Å². The molecule has 0 radical (unpaired) electrons. The number of carbonyl (C=O) groups excluding carboxylic acids is 2. The highest BCUT2D eigenvalue weighted by Gasteiger charge is 2.49. The first-order chi connectivity index (χ1) is 11.6. The molecule has 0 aliphatic heterocycles. The normalized spacial score (nSPS) is 20.6. The predicted octanol–water partition coefficient (Wildman–Crippen LogP) is 3.25. The third-order valence-corrected chi connectivity index (χ3v) is 4.51. The number of carbonyl (C=O) groups is 2. The van der Waals surface area contributed by atoms with Crippen molar-refractivity contribution in [2.75, 3.05) is 0 Å². The van der Waals surface area contributed by atoms with Gasteiger partial charge in [0, 0.05) is 30.3 Å². The zero-order valence-electron chi connectivity index (χ0n) is 13.0. The van der Waals surface area contributed by atoms with E-state index in [4.69, 9.17) is 0 Å². The van der Waals surface area contributed by atoms with Gasteiger partial charge in [-0.05, 0) is 37.1 Å². The molecule has 0 saturated heterocycles. The van der Waals surface area contributed by atoms with Gasteiger partial charge < -0.3 is 0 Å². The van der Waals surface area contributed by atoms with Gasteiger partial charge in [-0.15, -0.1) is 0 Å². The Balaban J connectivity index is 2.07. The maximum absolute atomic E-state index is 13.2. The molecule has 0 spiro atoms. The number of nitro groups is 1. The van der Waals surface area contributed by atoms with E-state index in [1.807, 2.05) is 0 Å². The second kappa shape index (κ2) is 6.31. The third-order valence-electron chi connectivity index (χ3n) is 4.51. The van der Waals surface area contributed by atoms with Crippen molar-refractivity contribution in [3.05, 3.63) is 70.0 Å². The van der Waals surface area contributed by atoms with Crippen LogP contribution in [0.4, 0.5) is 5.69 Å². The summed E-state index contributed by atoms with van der Waals surface area (Å²) in [5, 5.41) is 10.8. The molecule has 0 bridgehead atoms. The zero-order valence-corrected chi connectivity index (χ0v) is 13.0. The highest BCUT2D eigenvalue weighted by molar-refractivity contribution is 6.19. The van der Waals surface area contributed by atoms with Crippen LogP contribution in [0.1, 0.15) is 41.7 Å². The second-order valence-electron chi connectivity index (χ2n) is 5.88. The summed E-state index contributed by atoms with van der Waals surface area (Å²) in [4.78, 5) is 40.4. The van der Waals surface area contributed by atoms with E-state index in [0.717, 1.165) is 12.8 Å². The van der Waals surface area contributed by atoms with Gasteiger partial charge >= 0.3 is 0 Å². The molecule has 24 heavy (non-hydrogen) atoms. The number of nitro benzene ring substituents is 1. The van der Waals surface area contributed by atoms with Crippen molar-refractivity contribution in [1.29, 1.82) is 0 Å². The first-order valence-corrected chi connectivity index (χ1v) is 7.80. The van der Waals surface area contributed by atoms with E-state index in [2.05, 4.69) is 4.98 Å². The molecule has 6 nitrogen and oxygen atoms in total. The first kappa shape index (κ1) is 16.0. The van der Waals surface area contributed by atoms with Crippen molar-refractivity contribution in [3.63, 3.8) is 0 Å². The van der Waals surface area contributed by atoms with E-state index in [9.17, 15) is 19.7 Å². The number of benzene rings is 1. The SMILES string of the molecule is O=C1CCCC[C@@]1(C(=O)c1ccc([N+](=O)[O-])cc1)c1ccccn1. The molecular formula is C18H16N2O4. The van der Waals surface area contributed by atoms with Gasteiger partial charge in [-0.2, -0.15) is 0 Å². The van der Waals surface area contributed by atoms with Gasteiger partial charge in [-0.25, -0.2) is 0 Å². The number of hydrogen-bond acceptors (Lipinski definition) is 5. The smallest absolute Gasteiger partial charge is 0.269 e. The van der Waals surface area contributed by atoms with Gasteiger partial charge in [-0.3, -0.25) is 24.7 Å².